The zero-order valence-electron chi connectivity index (χ0n) is 14.3. The van der Waals surface area contributed by atoms with Gasteiger partial charge in [-0.15, -0.1) is 0 Å². The number of benzene rings is 3. The van der Waals surface area contributed by atoms with Crippen LogP contribution in [0.4, 0.5) is 0 Å². The molecule has 0 aromatic heterocycles. The van der Waals surface area contributed by atoms with Gasteiger partial charge >= 0.3 is 0 Å². The summed E-state index contributed by atoms with van der Waals surface area (Å²) in [4.78, 5) is 0. The minimum atomic E-state index is 0.239. The van der Waals surface area contributed by atoms with Gasteiger partial charge in [0.15, 0.2) is 0 Å². The number of nitrogens with one attached hydrogen (secondary N) is 1. The van der Waals surface area contributed by atoms with Crippen molar-refractivity contribution in [1.29, 1.82) is 0 Å². The Balaban J connectivity index is 1.78. The molecule has 1 nitrogen and oxygen atoms in total. The van der Waals surface area contributed by atoms with Crippen LogP contribution in [-0.4, -0.2) is 6.54 Å². The van der Waals surface area contributed by atoms with Crippen molar-refractivity contribution in [3.8, 4) is 0 Å². The van der Waals surface area contributed by atoms with Gasteiger partial charge in [-0.3, -0.25) is 0 Å². The van der Waals surface area contributed by atoms with Gasteiger partial charge in [-0.05, 0) is 41.3 Å². The molecule has 0 fully saturated rings. The number of rotatable bonds is 6. The Labute approximate surface area is 155 Å². The Morgan fingerprint density at radius 1 is 0.880 bits per heavy atom. The standard InChI is InChI=1S/C23H22ClN/c1-18(21-13-8-14-22(24)17-21)25-16-15-23(19-9-4-2-5-10-19)20-11-6-3-7-12-20/h2-15,17-18,25H,16H2,1H3/t18-/m1/s1. The second-order valence-corrected chi connectivity index (χ2v) is 6.47. The highest BCUT2D eigenvalue weighted by molar-refractivity contribution is 6.30. The highest BCUT2D eigenvalue weighted by atomic mass is 35.5. The van der Waals surface area contributed by atoms with Crippen molar-refractivity contribution < 1.29 is 0 Å². The van der Waals surface area contributed by atoms with E-state index in [1.165, 1.54) is 22.3 Å². The average Bonchev–Trinajstić information content (AvgIpc) is 2.66. The van der Waals surface area contributed by atoms with E-state index in [0.29, 0.717) is 0 Å². The third-order valence-electron chi connectivity index (χ3n) is 4.25. The van der Waals surface area contributed by atoms with Crippen LogP contribution < -0.4 is 5.32 Å². The van der Waals surface area contributed by atoms with Crippen LogP contribution >= 0.6 is 11.6 Å². The fourth-order valence-electron chi connectivity index (χ4n) is 2.87. The lowest BCUT2D eigenvalue weighted by Gasteiger charge is -2.14. The fourth-order valence-corrected chi connectivity index (χ4v) is 3.07. The second kappa shape index (κ2) is 8.66. The summed E-state index contributed by atoms with van der Waals surface area (Å²) in [7, 11) is 0. The van der Waals surface area contributed by atoms with Gasteiger partial charge < -0.3 is 5.32 Å². The monoisotopic (exact) mass is 347 g/mol. The Morgan fingerprint density at radius 3 is 2.04 bits per heavy atom. The number of hydrogen-bond donors (Lipinski definition) is 1. The summed E-state index contributed by atoms with van der Waals surface area (Å²) in [5.74, 6) is 0. The van der Waals surface area contributed by atoms with E-state index >= 15 is 0 Å². The molecule has 0 spiro atoms. The molecule has 0 bridgehead atoms. The van der Waals surface area contributed by atoms with Crippen molar-refractivity contribution in [1.82, 2.24) is 5.32 Å². The largest absolute Gasteiger partial charge is 0.307 e. The number of hydrogen-bond acceptors (Lipinski definition) is 1. The van der Waals surface area contributed by atoms with Crippen molar-refractivity contribution >= 4 is 17.2 Å². The molecule has 0 saturated carbocycles. The van der Waals surface area contributed by atoms with Gasteiger partial charge in [0.2, 0.25) is 0 Å². The van der Waals surface area contributed by atoms with Crippen molar-refractivity contribution in [2.24, 2.45) is 0 Å². The fraction of sp³-hybridized carbons (Fsp3) is 0.130. The summed E-state index contributed by atoms with van der Waals surface area (Å²) in [6, 6.07) is 29.3. The molecule has 0 heterocycles. The molecule has 0 unspecified atom stereocenters. The van der Waals surface area contributed by atoms with Gasteiger partial charge in [0.1, 0.15) is 0 Å². The molecule has 1 atom stereocenters. The van der Waals surface area contributed by atoms with E-state index in [2.05, 4.69) is 72.9 Å². The molecule has 0 aliphatic heterocycles. The van der Waals surface area contributed by atoms with Gasteiger partial charge in [0, 0.05) is 17.6 Å². The van der Waals surface area contributed by atoms with Gasteiger partial charge in [0.05, 0.1) is 0 Å². The smallest absolute Gasteiger partial charge is 0.0409 e. The van der Waals surface area contributed by atoms with E-state index in [0.717, 1.165) is 11.6 Å². The first-order valence-electron chi connectivity index (χ1n) is 8.54. The lowest BCUT2D eigenvalue weighted by molar-refractivity contribution is 0.618. The van der Waals surface area contributed by atoms with Gasteiger partial charge in [-0.25, -0.2) is 0 Å². The molecule has 0 amide bonds. The molecular weight excluding hydrogens is 326 g/mol. The van der Waals surface area contributed by atoms with Gasteiger partial charge in [0.25, 0.3) is 0 Å². The zero-order chi connectivity index (χ0) is 17.5. The third kappa shape index (κ3) is 4.82. The highest BCUT2D eigenvalue weighted by Crippen LogP contribution is 2.23. The van der Waals surface area contributed by atoms with Gasteiger partial charge in [-0.2, -0.15) is 0 Å². The molecule has 0 saturated heterocycles. The molecule has 2 heteroatoms. The predicted molar refractivity (Wildman–Crippen MR) is 108 cm³/mol. The van der Waals surface area contributed by atoms with Crippen LogP contribution in [0.5, 0.6) is 0 Å². The summed E-state index contributed by atoms with van der Waals surface area (Å²) >= 11 is 6.09. The summed E-state index contributed by atoms with van der Waals surface area (Å²) < 4.78 is 0. The first-order valence-corrected chi connectivity index (χ1v) is 8.91. The van der Waals surface area contributed by atoms with Crippen molar-refractivity contribution in [2.45, 2.75) is 13.0 Å². The van der Waals surface area contributed by atoms with Crippen LogP contribution in [0.3, 0.4) is 0 Å². The summed E-state index contributed by atoms with van der Waals surface area (Å²) in [6.07, 6.45) is 2.26. The van der Waals surface area contributed by atoms with Crippen LogP contribution in [0.2, 0.25) is 5.02 Å². The molecule has 126 valence electrons. The van der Waals surface area contributed by atoms with Crippen molar-refractivity contribution in [3.05, 3.63) is 113 Å². The van der Waals surface area contributed by atoms with E-state index in [1.807, 2.05) is 30.3 Å². The van der Waals surface area contributed by atoms with Crippen molar-refractivity contribution in [2.75, 3.05) is 6.54 Å². The van der Waals surface area contributed by atoms with E-state index in [1.54, 1.807) is 0 Å². The van der Waals surface area contributed by atoms with Crippen molar-refractivity contribution in [3.63, 3.8) is 0 Å². The van der Waals surface area contributed by atoms with E-state index in [4.69, 9.17) is 11.6 Å². The van der Waals surface area contributed by atoms with Crippen LogP contribution in [-0.2, 0) is 0 Å². The normalized spacial score (nSPS) is 11.8. The summed E-state index contributed by atoms with van der Waals surface area (Å²) in [5, 5.41) is 4.34. The van der Waals surface area contributed by atoms with Crippen LogP contribution in [0.25, 0.3) is 5.57 Å². The predicted octanol–water partition coefficient (Wildman–Crippen LogP) is 6.12. The summed E-state index contributed by atoms with van der Waals surface area (Å²) in [6.45, 7) is 2.94. The molecule has 3 rings (SSSR count). The topological polar surface area (TPSA) is 12.0 Å². The molecule has 0 aliphatic carbocycles. The van der Waals surface area contributed by atoms with E-state index < -0.39 is 0 Å². The Hall–Kier alpha value is -2.35. The van der Waals surface area contributed by atoms with E-state index in [-0.39, 0.29) is 6.04 Å². The highest BCUT2D eigenvalue weighted by Gasteiger charge is 2.06. The van der Waals surface area contributed by atoms with Crippen LogP contribution in [0, 0.1) is 0 Å². The quantitative estimate of drug-likeness (QED) is 0.566. The lowest BCUT2D eigenvalue weighted by atomic mass is 9.97. The minimum absolute atomic E-state index is 0.239. The van der Waals surface area contributed by atoms with Crippen LogP contribution in [0.15, 0.2) is 91.0 Å². The molecular formula is C23H22ClN. The van der Waals surface area contributed by atoms with Gasteiger partial charge in [-0.1, -0.05) is 90.5 Å². The van der Waals surface area contributed by atoms with E-state index in [9.17, 15) is 0 Å². The third-order valence-corrected chi connectivity index (χ3v) is 4.48. The number of halogens is 1. The Morgan fingerprint density at radius 2 is 1.48 bits per heavy atom. The lowest BCUT2D eigenvalue weighted by Crippen LogP contribution is -2.18. The zero-order valence-corrected chi connectivity index (χ0v) is 15.1. The molecule has 1 N–H and O–H groups in total. The average molecular weight is 348 g/mol. The second-order valence-electron chi connectivity index (χ2n) is 6.03. The first-order chi connectivity index (χ1) is 12.2. The SMILES string of the molecule is C[C@@H](NCC=C(c1ccccc1)c1ccccc1)c1cccc(Cl)c1. The summed E-state index contributed by atoms with van der Waals surface area (Å²) in [5.41, 5.74) is 4.89. The van der Waals surface area contributed by atoms with Crippen LogP contribution in [0.1, 0.15) is 29.7 Å². The first kappa shape index (κ1) is 17.5. The molecule has 0 aliphatic rings. The molecule has 0 radical (unpaired) electrons. The molecule has 3 aromatic rings. The Bertz CT molecular complexity index is 783. The molecule has 25 heavy (non-hydrogen) atoms. The minimum Gasteiger partial charge on any atom is -0.307 e. The maximum absolute atomic E-state index is 6.09. The molecule has 3 aromatic carbocycles. The Kier molecular flexibility index (Phi) is 6.05. The maximum Gasteiger partial charge on any atom is 0.0409 e. The maximum atomic E-state index is 6.09.